The Labute approximate surface area is 101 Å². The van der Waals surface area contributed by atoms with Gasteiger partial charge >= 0.3 is 0 Å². The molecule has 0 unspecified atom stereocenters. The number of rotatable bonds is 7. The lowest BCUT2D eigenvalue weighted by Crippen LogP contribution is -2.27. The molecule has 0 saturated heterocycles. The second-order valence-electron chi connectivity index (χ2n) is 4.20. The van der Waals surface area contributed by atoms with Gasteiger partial charge in [-0.15, -0.1) is 0 Å². The average molecular weight is 237 g/mol. The van der Waals surface area contributed by atoms with Crippen molar-refractivity contribution in [1.82, 2.24) is 0 Å². The van der Waals surface area contributed by atoms with Gasteiger partial charge in [-0.1, -0.05) is 50.1 Å². The molecule has 1 aromatic carbocycles. The SMILES string of the molecule is CCCCC[C@@H]([C@@H](O)c1ccccc1)[N+](=O)[O-]. The van der Waals surface area contributed by atoms with Crippen LogP contribution in [0.15, 0.2) is 30.3 Å². The number of aliphatic hydroxyl groups excluding tert-OH is 1. The lowest BCUT2D eigenvalue weighted by atomic mass is 9.98. The summed E-state index contributed by atoms with van der Waals surface area (Å²) in [6.45, 7) is 2.05. The number of hydrogen-bond acceptors (Lipinski definition) is 3. The summed E-state index contributed by atoms with van der Waals surface area (Å²) in [6, 6.07) is 7.93. The highest BCUT2D eigenvalue weighted by Crippen LogP contribution is 2.22. The van der Waals surface area contributed by atoms with E-state index < -0.39 is 12.1 Å². The van der Waals surface area contributed by atoms with Gasteiger partial charge in [-0.2, -0.15) is 0 Å². The van der Waals surface area contributed by atoms with Gasteiger partial charge in [0, 0.05) is 11.3 Å². The minimum absolute atomic E-state index is 0.368. The van der Waals surface area contributed by atoms with E-state index in [1.165, 1.54) is 0 Å². The third-order valence-electron chi connectivity index (χ3n) is 2.88. The maximum absolute atomic E-state index is 11.0. The molecule has 0 aliphatic carbocycles. The Morgan fingerprint density at radius 3 is 2.47 bits per heavy atom. The van der Waals surface area contributed by atoms with E-state index in [1.807, 2.05) is 6.07 Å². The van der Waals surface area contributed by atoms with Gasteiger partial charge < -0.3 is 5.11 Å². The van der Waals surface area contributed by atoms with Crippen molar-refractivity contribution in [3.8, 4) is 0 Å². The number of unbranched alkanes of at least 4 members (excludes halogenated alkanes) is 2. The van der Waals surface area contributed by atoms with E-state index in [1.54, 1.807) is 24.3 Å². The first-order chi connectivity index (χ1) is 8.16. The fourth-order valence-electron chi connectivity index (χ4n) is 1.85. The molecule has 94 valence electrons. The standard InChI is InChI=1S/C13H19NO3/c1-2-3-5-10-12(14(16)17)13(15)11-8-6-4-7-9-11/h4,6-9,12-13,15H,2-3,5,10H2,1H3/t12-,13-/m0/s1. The maximum atomic E-state index is 11.0. The van der Waals surface area contributed by atoms with Gasteiger partial charge in [0.15, 0.2) is 0 Å². The number of benzene rings is 1. The Morgan fingerprint density at radius 1 is 1.29 bits per heavy atom. The summed E-state index contributed by atoms with van der Waals surface area (Å²) >= 11 is 0. The van der Waals surface area contributed by atoms with Crippen LogP contribution in [0.25, 0.3) is 0 Å². The summed E-state index contributed by atoms with van der Waals surface area (Å²) in [7, 11) is 0. The topological polar surface area (TPSA) is 63.4 Å². The number of nitrogens with zero attached hydrogens (tertiary/aromatic N) is 1. The fraction of sp³-hybridized carbons (Fsp3) is 0.538. The van der Waals surface area contributed by atoms with Gasteiger partial charge in [0.1, 0.15) is 6.10 Å². The largest absolute Gasteiger partial charge is 0.381 e. The highest BCUT2D eigenvalue weighted by Gasteiger charge is 2.30. The van der Waals surface area contributed by atoms with E-state index in [4.69, 9.17) is 0 Å². The fourth-order valence-corrected chi connectivity index (χ4v) is 1.85. The molecule has 0 amide bonds. The van der Waals surface area contributed by atoms with E-state index >= 15 is 0 Å². The molecule has 0 aliphatic heterocycles. The Bertz CT molecular complexity index is 340. The summed E-state index contributed by atoms with van der Waals surface area (Å²) in [6.07, 6.45) is 2.18. The predicted octanol–water partition coefficient (Wildman–Crippen LogP) is 2.95. The summed E-state index contributed by atoms with van der Waals surface area (Å²) in [5.41, 5.74) is 0.616. The monoisotopic (exact) mass is 237 g/mol. The van der Waals surface area contributed by atoms with Crippen LogP contribution in [-0.2, 0) is 0 Å². The first-order valence-electron chi connectivity index (χ1n) is 6.03. The van der Waals surface area contributed by atoms with Crippen molar-refractivity contribution < 1.29 is 10.0 Å². The lowest BCUT2D eigenvalue weighted by Gasteiger charge is -2.16. The van der Waals surface area contributed by atoms with Crippen molar-refractivity contribution in [1.29, 1.82) is 0 Å². The molecule has 1 aromatic rings. The van der Waals surface area contributed by atoms with Gasteiger partial charge in [-0.25, -0.2) is 0 Å². The predicted molar refractivity (Wildman–Crippen MR) is 66.3 cm³/mol. The zero-order chi connectivity index (χ0) is 12.7. The van der Waals surface area contributed by atoms with Crippen molar-refractivity contribution in [2.45, 2.75) is 44.8 Å². The molecular weight excluding hydrogens is 218 g/mol. The van der Waals surface area contributed by atoms with E-state index in [9.17, 15) is 15.2 Å². The molecule has 0 spiro atoms. The van der Waals surface area contributed by atoms with Crippen LogP contribution < -0.4 is 0 Å². The molecule has 17 heavy (non-hydrogen) atoms. The minimum Gasteiger partial charge on any atom is -0.381 e. The molecular formula is C13H19NO3. The number of aliphatic hydroxyl groups is 1. The minimum atomic E-state index is -1.01. The van der Waals surface area contributed by atoms with Crippen molar-refractivity contribution >= 4 is 0 Å². The molecule has 4 nitrogen and oxygen atoms in total. The number of nitro groups is 1. The second kappa shape index (κ2) is 7.01. The van der Waals surface area contributed by atoms with Crippen LogP contribution in [0.4, 0.5) is 0 Å². The smallest absolute Gasteiger partial charge is 0.242 e. The quantitative estimate of drug-likeness (QED) is 0.450. The van der Waals surface area contributed by atoms with Gasteiger partial charge in [0.2, 0.25) is 6.04 Å². The molecule has 0 fully saturated rings. The maximum Gasteiger partial charge on any atom is 0.242 e. The molecule has 0 bridgehead atoms. The summed E-state index contributed by atoms with van der Waals surface area (Å²) in [4.78, 5) is 10.6. The summed E-state index contributed by atoms with van der Waals surface area (Å²) in [5, 5.41) is 21.0. The summed E-state index contributed by atoms with van der Waals surface area (Å²) in [5.74, 6) is 0. The van der Waals surface area contributed by atoms with Gasteiger partial charge in [-0.05, 0) is 12.0 Å². The molecule has 0 heterocycles. The van der Waals surface area contributed by atoms with E-state index in [-0.39, 0.29) is 4.92 Å². The summed E-state index contributed by atoms with van der Waals surface area (Å²) < 4.78 is 0. The molecule has 0 saturated carbocycles. The van der Waals surface area contributed by atoms with E-state index in [0.717, 1.165) is 19.3 Å². The molecule has 4 heteroatoms. The molecule has 0 aliphatic rings. The zero-order valence-electron chi connectivity index (χ0n) is 10.1. The van der Waals surface area contributed by atoms with Crippen molar-refractivity contribution in [3.63, 3.8) is 0 Å². The van der Waals surface area contributed by atoms with Gasteiger partial charge in [0.25, 0.3) is 0 Å². The zero-order valence-corrected chi connectivity index (χ0v) is 10.1. The molecule has 1 rings (SSSR count). The van der Waals surface area contributed by atoms with Crippen LogP contribution in [-0.4, -0.2) is 16.1 Å². The van der Waals surface area contributed by atoms with E-state index in [2.05, 4.69) is 6.92 Å². The normalized spacial score (nSPS) is 14.2. The Morgan fingerprint density at radius 2 is 1.94 bits per heavy atom. The highest BCUT2D eigenvalue weighted by atomic mass is 16.6. The first-order valence-corrected chi connectivity index (χ1v) is 6.03. The van der Waals surface area contributed by atoms with Crippen molar-refractivity contribution in [3.05, 3.63) is 46.0 Å². The van der Waals surface area contributed by atoms with Crippen LogP contribution in [0.2, 0.25) is 0 Å². The Balaban J connectivity index is 2.67. The third-order valence-corrected chi connectivity index (χ3v) is 2.88. The van der Waals surface area contributed by atoms with Crippen LogP contribution >= 0.6 is 0 Å². The molecule has 0 radical (unpaired) electrons. The van der Waals surface area contributed by atoms with Crippen molar-refractivity contribution in [2.24, 2.45) is 0 Å². The molecule has 1 N–H and O–H groups in total. The average Bonchev–Trinajstić information content (AvgIpc) is 2.34. The van der Waals surface area contributed by atoms with Gasteiger partial charge in [-0.3, -0.25) is 10.1 Å². The lowest BCUT2D eigenvalue weighted by molar-refractivity contribution is -0.537. The van der Waals surface area contributed by atoms with Crippen LogP contribution in [0.1, 0.15) is 44.3 Å². The first kappa shape index (κ1) is 13.6. The Hall–Kier alpha value is -1.42. The second-order valence-corrected chi connectivity index (χ2v) is 4.20. The van der Waals surface area contributed by atoms with Crippen LogP contribution in [0.3, 0.4) is 0 Å². The van der Waals surface area contributed by atoms with Crippen molar-refractivity contribution in [2.75, 3.05) is 0 Å². The Kier molecular flexibility index (Phi) is 5.63. The molecule has 2 atom stereocenters. The highest BCUT2D eigenvalue weighted by molar-refractivity contribution is 5.18. The molecule has 0 aromatic heterocycles. The van der Waals surface area contributed by atoms with E-state index in [0.29, 0.717) is 12.0 Å². The third kappa shape index (κ3) is 4.15. The van der Waals surface area contributed by atoms with Gasteiger partial charge in [0.05, 0.1) is 0 Å². The van der Waals surface area contributed by atoms with Crippen LogP contribution in [0, 0.1) is 10.1 Å². The van der Waals surface area contributed by atoms with Crippen LogP contribution in [0.5, 0.6) is 0 Å². The number of hydrogen-bond donors (Lipinski definition) is 1.